The number of hydrogen-bond donors (Lipinski definition) is 3. The van der Waals surface area contributed by atoms with Crippen molar-refractivity contribution in [2.45, 2.75) is 128 Å². The minimum atomic E-state index is -6.07. The summed E-state index contributed by atoms with van der Waals surface area (Å²) in [5, 5.41) is 3.87. The first-order valence-corrected chi connectivity index (χ1v) is 24.0. The second kappa shape index (κ2) is 15.4. The van der Waals surface area contributed by atoms with Gasteiger partial charge in [0.25, 0.3) is 0 Å². The molecule has 6 rings (SSSR count). The minimum absolute atomic E-state index is 0.000597. The SMILES string of the molecule is CC(C)c1cc(C(C)C)c2cc(-c3cc(S(=O)(=O)c4ccccc4)ccc3P(O)(O)(O)c3cc4c(C(C)C)cc(C(C)C)cc4cc3C(C)C)c(C(C)C)cc2c1. The molecule has 0 amide bonds. The van der Waals surface area contributed by atoms with Crippen LogP contribution in [0.5, 0.6) is 0 Å². The summed E-state index contributed by atoms with van der Waals surface area (Å²) in [5.41, 5.74) is 7.10. The molecule has 0 unspecified atom stereocenters. The molecule has 0 aliphatic heterocycles. The molecule has 0 aliphatic rings. The molecule has 0 heterocycles. The van der Waals surface area contributed by atoms with E-state index in [4.69, 9.17) is 0 Å². The van der Waals surface area contributed by atoms with E-state index in [1.54, 1.807) is 36.4 Å². The zero-order valence-corrected chi connectivity index (χ0v) is 37.4. The third-order valence-corrected chi connectivity index (χ3v) is 16.0. The van der Waals surface area contributed by atoms with Gasteiger partial charge < -0.3 is 0 Å². The third kappa shape index (κ3) is 7.85. The first kappa shape index (κ1) is 42.7. The van der Waals surface area contributed by atoms with Crippen molar-refractivity contribution in [1.29, 1.82) is 0 Å². The molecule has 0 fully saturated rings. The van der Waals surface area contributed by atoms with E-state index in [2.05, 4.69) is 106 Å². The van der Waals surface area contributed by atoms with Crippen molar-refractivity contribution in [3.8, 4) is 11.1 Å². The zero-order valence-electron chi connectivity index (χ0n) is 35.7. The zero-order chi connectivity index (χ0) is 42.0. The van der Waals surface area contributed by atoms with Crippen LogP contribution in [0.4, 0.5) is 0 Å². The van der Waals surface area contributed by atoms with Gasteiger partial charge in [-0.25, -0.2) is 0 Å². The van der Waals surface area contributed by atoms with E-state index in [1.807, 2.05) is 19.9 Å². The summed E-state index contributed by atoms with van der Waals surface area (Å²) in [6.45, 7) is 25.4. The summed E-state index contributed by atoms with van der Waals surface area (Å²) < 4.78 is 28.6. The molecular weight excluding hydrogens is 744 g/mol. The van der Waals surface area contributed by atoms with Crippen molar-refractivity contribution in [2.75, 3.05) is 0 Å². The summed E-state index contributed by atoms with van der Waals surface area (Å²) >= 11 is 0. The second-order valence-corrected chi connectivity index (χ2v) is 22.8. The monoisotopic (exact) mass is 804 g/mol. The van der Waals surface area contributed by atoms with Crippen LogP contribution in [0.3, 0.4) is 0 Å². The van der Waals surface area contributed by atoms with Gasteiger partial charge >= 0.3 is 342 Å². The molecule has 0 spiro atoms. The molecule has 0 aliphatic carbocycles. The van der Waals surface area contributed by atoms with Crippen LogP contribution < -0.4 is 10.6 Å². The Hall–Kier alpha value is -3.90. The molecule has 6 aromatic rings. The molecule has 302 valence electrons. The molecule has 0 radical (unpaired) electrons. The van der Waals surface area contributed by atoms with Gasteiger partial charge in [0.2, 0.25) is 0 Å². The van der Waals surface area contributed by atoms with Crippen LogP contribution >= 0.6 is 7.28 Å². The molecule has 5 nitrogen and oxygen atoms in total. The molecule has 0 aromatic heterocycles. The Labute approximate surface area is 340 Å². The van der Waals surface area contributed by atoms with Gasteiger partial charge in [0, 0.05) is 0 Å². The standard InChI is InChI=1S/C50H61O5PS/c1-29(2)35-20-37-24-43(33(9)10)47(27-45(37)41(22-35)31(5)6)48-26-40(57(54,55)39-16-14-13-15-17-39)18-19-49(48)56(51,52,53)50-28-46-38(25-44(50)34(11)12)21-36(30(3)4)23-42(46)32(7)8/h13-34,51-53H,1-12H3. The Kier molecular flexibility index (Phi) is 11.5. The van der Waals surface area contributed by atoms with E-state index in [1.165, 1.54) is 29.3 Å². The van der Waals surface area contributed by atoms with E-state index in [0.29, 0.717) is 23.0 Å². The Morgan fingerprint density at radius 2 is 0.895 bits per heavy atom. The number of rotatable bonds is 11. The molecule has 3 N–H and O–H groups in total. The van der Waals surface area contributed by atoms with Gasteiger partial charge in [-0.05, 0) is 0 Å². The van der Waals surface area contributed by atoms with Gasteiger partial charge in [0.1, 0.15) is 0 Å². The Balaban J connectivity index is 1.77. The van der Waals surface area contributed by atoms with E-state index in [-0.39, 0.29) is 49.6 Å². The van der Waals surface area contributed by atoms with Crippen LogP contribution in [-0.4, -0.2) is 23.1 Å². The average molecular weight is 805 g/mol. The van der Waals surface area contributed by atoms with Crippen LogP contribution in [0, 0.1) is 0 Å². The van der Waals surface area contributed by atoms with E-state index < -0.39 is 17.1 Å². The first-order chi connectivity index (χ1) is 26.5. The fourth-order valence-corrected chi connectivity index (χ4v) is 11.9. The maximum atomic E-state index is 14.3. The predicted octanol–water partition coefficient (Wildman–Crippen LogP) is 12.5. The van der Waals surface area contributed by atoms with Gasteiger partial charge in [-0.1, -0.05) is 0 Å². The van der Waals surface area contributed by atoms with Crippen molar-refractivity contribution >= 4 is 49.3 Å². The normalized spacial score (nSPS) is 13.6. The van der Waals surface area contributed by atoms with Crippen LogP contribution in [0.15, 0.2) is 107 Å². The topological polar surface area (TPSA) is 94.8 Å². The molecule has 57 heavy (non-hydrogen) atoms. The Morgan fingerprint density at radius 3 is 1.37 bits per heavy atom. The van der Waals surface area contributed by atoms with E-state index in [0.717, 1.165) is 38.2 Å². The second-order valence-electron chi connectivity index (χ2n) is 17.9. The Bertz CT molecular complexity index is 2590. The fourth-order valence-electron chi connectivity index (χ4n) is 8.23. The van der Waals surface area contributed by atoms with Crippen molar-refractivity contribution in [3.05, 3.63) is 130 Å². The van der Waals surface area contributed by atoms with Crippen LogP contribution in [0.2, 0.25) is 0 Å². The van der Waals surface area contributed by atoms with Crippen molar-refractivity contribution in [3.63, 3.8) is 0 Å². The number of sulfone groups is 1. The van der Waals surface area contributed by atoms with Crippen molar-refractivity contribution in [2.24, 2.45) is 0 Å². The average Bonchev–Trinajstić information content (AvgIpc) is 3.15. The number of hydrogen-bond acceptors (Lipinski definition) is 5. The molecule has 6 aromatic carbocycles. The molecule has 0 saturated carbocycles. The molecule has 0 bridgehead atoms. The molecule has 0 saturated heterocycles. The summed E-state index contributed by atoms with van der Waals surface area (Å²) in [6, 6.07) is 29.5. The molecular formula is C50H61O5PS. The Morgan fingerprint density at radius 1 is 0.421 bits per heavy atom. The van der Waals surface area contributed by atoms with Gasteiger partial charge in [-0.15, -0.1) is 0 Å². The van der Waals surface area contributed by atoms with E-state index in [9.17, 15) is 23.1 Å². The summed E-state index contributed by atoms with van der Waals surface area (Å²) in [5.74, 6) is 0.699. The summed E-state index contributed by atoms with van der Waals surface area (Å²) in [4.78, 5) is 39.2. The fraction of sp³-hybridized carbons (Fsp3) is 0.360. The maximum absolute atomic E-state index is 14.3. The molecule has 0 atom stereocenters. The van der Waals surface area contributed by atoms with Crippen LogP contribution in [-0.2, 0) is 9.84 Å². The van der Waals surface area contributed by atoms with Gasteiger partial charge in [-0.2, -0.15) is 0 Å². The first-order valence-electron chi connectivity index (χ1n) is 20.5. The van der Waals surface area contributed by atoms with Gasteiger partial charge in [-0.3, -0.25) is 0 Å². The number of fused-ring (bicyclic) bond motifs is 2. The quantitative estimate of drug-likeness (QED) is 0.113. The summed E-state index contributed by atoms with van der Waals surface area (Å²) in [7, 11) is -10.1. The predicted molar refractivity (Wildman–Crippen MR) is 243 cm³/mol. The number of benzene rings is 6. The molecule has 7 heteroatoms. The van der Waals surface area contributed by atoms with Crippen molar-refractivity contribution < 1.29 is 23.1 Å². The van der Waals surface area contributed by atoms with Gasteiger partial charge in [0.15, 0.2) is 0 Å². The third-order valence-electron chi connectivity index (χ3n) is 11.7. The van der Waals surface area contributed by atoms with Gasteiger partial charge in [0.05, 0.1) is 0 Å². The van der Waals surface area contributed by atoms with Crippen LogP contribution in [0.25, 0.3) is 32.7 Å². The van der Waals surface area contributed by atoms with Crippen LogP contribution in [0.1, 0.15) is 152 Å². The summed E-state index contributed by atoms with van der Waals surface area (Å²) in [6.07, 6.45) is 0. The van der Waals surface area contributed by atoms with E-state index >= 15 is 0 Å². The van der Waals surface area contributed by atoms with Crippen molar-refractivity contribution in [1.82, 2.24) is 0 Å².